The molecule has 2 N–H and O–H groups in total. The van der Waals surface area contributed by atoms with Crippen molar-refractivity contribution in [3.8, 4) is 0 Å². The Hall–Kier alpha value is -1.43. The number of nitrogens with one attached hydrogen (secondary N) is 2. The van der Waals surface area contributed by atoms with Gasteiger partial charge in [-0.05, 0) is 62.4 Å². The molecule has 2 heterocycles. The fourth-order valence-corrected chi connectivity index (χ4v) is 4.25. The summed E-state index contributed by atoms with van der Waals surface area (Å²) in [6.07, 6.45) is 4.07. The van der Waals surface area contributed by atoms with Crippen molar-refractivity contribution in [2.75, 3.05) is 33.3 Å². The van der Waals surface area contributed by atoms with Crippen LogP contribution in [0.5, 0.6) is 0 Å². The third-order valence-electron chi connectivity index (χ3n) is 5.91. The zero-order valence-corrected chi connectivity index (χ0v) is 16.2. The Morgan fingerprint density at radius 1 is 1.31 bits per heavy atom. The molecule has 3 rings (SSSR count). The van der Waals surface area contributed by atoms with E-state index < -0.39 is 5.60 Å². The van der Waals surface area contributed by atoms with Crippen LogP contribution in [0.25, 0.3) is 0 Å². The van der Waals surface area contributed by atoms with Crippen LogP contribution in [-0.4, -0.2) is 49.7 Å². The number of hydrogen-bond donors (Lipinski definition) is 2. The van der Waals surface area contributed by atoms with E-state index >= 15 is 0 Å². The lowest BCUT2D eigenvalue weighted by Crippen LogP contribution is -2.54. The van der Waals surface area contributed by atoms with E-state index in [2.05, 4.69) is 46.7 Å². The number of methoxy groups -OCH3 is 1. The van der Waals surface area contributed by atoms with E-state index in [1.807, 2.05) is 0 Å². The van der Waals surface area contributed by atoms with Crippen molar-refractivity contribution in [3.05, 3.63) is 35.4 Å². The summed E-state index contributed by atoms with van der Waals surface area (Å²) in [4.78, 5) is 15.3. The van der Waals surface area contributed by atoms with Crippen LogP contribution in [0, 0.1) is 5.92 Å². The number of carbonyl (C=O) groups excluding carboxylic acids is 1. The zero-order valence-electron chi connectivity index (χ0n) is 16.2. The average molecular weight is 360 g/mol. The molecular weight excluding hydrogens is 326 g/mol. The molecule has 144 valence electrons. The van der Waals surface area contributed by atoms with Gasteiger partial charge in [0.1, 0.15) is 5.60 Å². The minimum Gasteiger partial charge on any atom is -0.368 e. The molecule has 1 unspecified atom stereocenters. The molecule has 1 amide bonds. The number of hydrogen-bond acceptors (Lipinski definition) is 4. The molecule has 0 spiro atoms. The summed E-state index contributed by atoms with van der Waals surface area (Å²) in [5.74, 6) is 0.792. The number of benzene rings is 1. The minimum atomic E-state index is -0.678. The summed E-state index contributed by atoms with van der Waals surface area (Å²) < 4.78 is 5.63. The molecular formula is C21H33N3O2. The van der Waals surface area contributed by atoms with E-state index in [-0.39, 0.29) is 5.91 Å². The first-order chi connectivity index (χ1) is 12.6. The van der Waals surface area contributed by atoms with Gasteiger partial charge in [0.25, 0.3) is 5.91 Å². The van der Waals surface area contributed by atoms with Crippen molar-refractivity contribution in [1.82, 2.24) is 15.5 Å². The van der Waals surface area contributed by atoms with Crippen LogP contribution in [0.2, 0.25) is 0 Å². The Bertz CT molecular complexity index is 599. The van der Waals surface area contributed by atoms with Crippen LogP contribution >= 0.6 is 0 Å². The predicted octanol–water partition coefficient (Wildman–Crippen LogP) is 2.30. The number of carbonyl (C=O) groups is 1. The minimum absolute atomic E-state index is 0.0166. The quantitative estimate of drug-likeness (QED) is 0.818. The molecule has 0 aliphatic carbocycles. The molecule has 26 heavy (non-hydrogen) atoms. The van der Waals surface area contributed by atoms with E-state index in [1.54, 1.807) is 7.11 Å². The monoisotopic (exact) mass is 359 g/mol. The van der Waals surface area contributed by atoms with Gasteiger partial charge in [0.05, 0.1) is 0 Å². The van der Waals surface area contributed by atoms with Crippen molar-refractivity contribution in [3.63, 3.8) is 0 Å². The van der Waals surface area contributed by atoms with E-state index in [1.165, 1.54) is 37.1 Å². The van der Waals surface area contributed by atoms with Gasteiger partial charge in [-0.25, -0.2) is 0 Å². The van der Waals surface area contributed by atoms with Gasteiger partial charge in [0, 0.05) is 26.7 Å². The molecule has 1 aromatic rings. The van der Waals surface area contributed by atoms with Crippen LogP contribution in [0.15, 0.2) is 24.3 Å². The molecule has 2 aliphatic rings. The summed E-state index contributed by atoms with van der Waals surface area (Å²) in [5, 5.41) is 6.43. The molecule has 0 aromatic heterocycles. The number of likely N-dealkylation sites (tertiary alicyclic amines) is 1. The Morgan fingerprint density at radius 3 is 2.73 bits per heavy atom. The maximum atomic E-state index is 12.8. The van der Waals surface area contributed by atoms with Crippen molar-refractivity contribution in [1.29, 1.82) is 0 Å². The third-order valence-corrected chi connectivity index (χ3v) is 5.91. The van der Waals surface area contributed by atoms with Gasteiger partial charge < -0.3 is 15.4 Å². The average Bonchev–Trinajstić information content (AvgIpc) is 2.67. The molecule has 2 fully saturated rings. The topological polar surface area (TPSA) is 53.6 Å². The summed E-state index contributed by atoms with van der Waals surface area (Å²) in [5.41, 5.74) is 1.85. The Morgan fingerprint density at radius 2 is 2.04 bits per heavy atom. The number of rotatable bonds is 6. The van der Waals surface area contributed by atoms with Gasteiger partial charge in [-0.15, -0.1) is 0 Å². The van der Waals surface area contributed by atoms with E-state index in [0.717, 1.165) is 38.4 Å². The van der Waals surface area contributed by atoms with Gasteiger partial charge in [-0.2, -0.15) is 0 Å². The Labute approximate surface area is 157 Å². The van der Waals surface area contributed by atoms with Crippen LogP contribution in [0.4, 0.5) is 0 Å². The molecule has 1 atom stereocenters. The maximum Gasteiger partial charge on any atom is 0.252 e. The summed E-state index contributed by atoms with van der Waals surface area (Å²) in [7, 11) is 1.65. The predicted molar refractivity (Wildman–Crippen MR) is 104 cm³/mol. The highest BCUT2D eigenvalue weighted by Crippen LogP contribution is 2.23. The zero-order chi connectivity index (χ0) is 18.4. The molecule has 5 heteroatoms. The smallest absolute Gasteiger partial charge is 0.252 e. The van der Waals surface area contributed by atoms with Gasteiger partial charge in [-0.1, -0.05) is 31.2 Å². The lowest BCUT2D eigenvalue weighted by molar-refractivity contribution is -0.146. The van der Waals surface area contributed by atoms with E-state index in [4.69, 9.17) is 4.74 Å². The Kier molecular flexibility index (Phi) is 6.68. The van der Waals surface area contributed by atoms with Crippen LogP contribution in [-0.2, 0) is 22.6 Å². The van der Waals surface area contributed by atoms with Crippen molar-refractivity contribution in [2.45, 2.75) is 51.3 Å². The fraction of sp³-hybridized carbons (Fsp3) is 0.667. The Balaban J connectivity index is 1.62. The van der Waals surface area contributed by atoms with Crippen LogP contribution in [0.1, 0.15) is 43.7 Å². The molecule has 2 aliphatic heterocycles. The molecule has 1 aromatic carbocycles. The van der Waals surface area contributed by atoms with E-state index in [9.17, 15) is 4.79 Å². The van der Waals surface area contributed by atoms with Crippen LogP contribution in [0.3, 0.4) is 0 Å². The second-order valence-electron chi connectivity index (χ2n) is 7.88. The lowest BCUT2D eigenvalue weighted by Gasteiger charge is -2.35. The maximum absolute atomic E-state index is 12.8. The lowest BCUT2D eigenvalue weighted by atomic mass is 9.91. The number of nitrogens with zero attached hydrogens (tertiary/aromatic N) is 1. The number of ether oxygens (including phenoxy) is 1. The third kappa shape index (κ3) is 4.64. The highest BCUT2D eigenvalue weighted by atomic mass is 16.5. The number of piperidine rings is 2. The van der Waals surface area contributed by atoms with Crippen molar-refractivity contribution >= 4 is 5.91 Å². The molecule has 2 saturated heterocycles. The summed E-state index contributed by atoms with van der Waals surface area (Å²) in [6, 6.07) is 8.47. The van der Waals surface area contributed by atoms with Crippen molar-refractivity contribution < 1.29 is 9.53 Å². The van der Waals surface area contributed by atoms with Gasteiger partial charge in [-0.3, -0.25) is 9.69 Å². The van der Waals surface area contributed by atoms with Gasteiger partial charge in [0.2, 0.25) is 0 Å². The first kappa shape index (κ1) is 19.3. The fourth-order valence-electron chi connectivity index (χ4n) is 4.25. The van der Waals surface area contributed by atoms with Crippen LogP contribution < -0.4 is 10.6 Å². The SMILES string of the molecule is COC1(C(=O)NCc2ccccc2CN2CCCC(C)C2)CCNCC1. The summed E-state index contributed by atoms with van der Waals surface area (Å²) >= 11 is 0. The molecule has 0 saturated carbocycles. The first-order valence-corrected chi connectivity index (χ1v) is 9.96. The second kappa shape index (κ2) is 8.98. The van der Waals surface area contributed by atoms with E-state index in [0.29, 0.717) is 6.54 Å². The largest absolute Gasteiger partial charge is 0.368 e. The van der Waals surface area contributed by atoms with Gasteiger partial charge >= 0.3 is 0 Å². The first-order valence-electron chi connectivity index (χ1n) is 9.96. The molecule has 0 bridgehead atoms. The highest BCUT2D eigenvalue weighted by molar-refractivity contribution is 5.85. The number of amides is 1. The molecule has 5 nitrogen and oxygen atoms in total. The van der Waals surface area contributed by atoms with Gasteiger partial charge in [0.15, 0.2) is 0 Å². The van der Waals surface area contributed by atoms with Crippen molar-refractivity contribution in [2.24, 2.45) is 5.92 Å². The second-order valence-corrected chi connectivity index (χ2v) is 7.88. The standard InChI is InChI=1S/C21H33N3O2/c1-17-6-5-13-24(15-17)16-19-8-4-3-7-18(19)14-23-20(25)21(26-2)9-11-22-12-10-21/h3-4,7-8,17,22H,5-6,9-16H2,1-2H3,(H,23,25). The molecule has 0 radical (unpaired) electrons. The normalized spacial score (nSPS) is 23.5. The highest BCUT2D eigenvalue weighted by Gasteiger charge is 2.39. The summed E-state index contributed by atoms with van der Waals surface area (Å²) in [6.45, 7) is 7.86.